The fourth-order valence-electron chi connectivity index (χ4n) is 4.54. The molecule has 10 heteroatoms. The standard InChI is InChI=1S/C31H46N2O8/c1-7-8-9-10-11-12-13-14-15-16-19-39-28(36)23-17-18-25(40-21(2)3)24(20-23)32-27(35)26(22(4)34)33-29(37)31(5,6)41-30(33)38/h17-18,20-21,26H,7-16,19H2,1-6H3,(H,32,35). The number of esters is 1. The highest BCUT2D eigenvalue weighted by Gasteiger charge is 2.53. The van der Waals surface area contributed by atoms with Gasteiger partial charge in [-0.25, -0.2) is 14.5 Å². The molecule has 1 aromatic carbocycles. The second-order valence-corrected chi connectivity index (χ2v) is 11.3. The van der Waals surface area contributed by atoms with Crippen molar-refractivity contribution in [3.05, 3.63) is 23.8 Å². The lowest BCUT2D eigenvalue weighted by atomic mass is 10.1. The van der Waals surface area contributed by atoms with Crippen LogP contribution in [0.1, 0.15) is 116 Å². The first-order valence-corrected chi connectivity index (χ1v) is 14.7. The second-order valence-electron chi connectivity index (χ2n) is 11.3. The van der Waals surface area contributed by atoms with E-state index in [4.69, 9.17) is 14.2 Å². The number of amides is 3. The number of hydrogen-bond donors (Lipinski definition) is 1. The summed E-state index contributed by atoms with van der Waals surface area (Å²) in [5.41, 5.74) is -1.22. The molecule has 1 saturated heterocycles. The Morgan fingerprint density at radius 2 is 1.54 bits per heavy atom. The van der Waals surface area contributed by atoms with E-state index in [9.17, 15) is 24.0 Å². The fraction of sp³-hybridized carbons (Fsp3) is 0.645. The van der Waals surface area contributed by atoms with Gasteiger partial charge in [0.2, 0.25) is 0 Å². The van der Waals surface area contributed by atoms with Crippen LogP contribution in [0.25, 0.3) is 0 Å². The number of cyclic esters (lactones) is 1. The molecule has 3 amide bonds. The van der Waals surface area contributed by atoms with Crippen molar-refractivity contribution in [3.8, 4) is 5.75 Å². The van der Waals surface area contributed by atoms with Crippen molar-refractivity contribution in [1.29, 1.82) is 0 Å². The predicted molar refractivity (Wildman–Crippen MR) is 155 cm³/mol. The molecular formula is C31H46N2O8. The van der Waals surface area contributed by atoms with Crippen LogP contribution in [0.3, 0.4) is 0 Å². The fourth-order valence-corrected chi connectivity index (χ4v) is 4.54. The van der Waals surface area contributed by atoms with Gasteiger partial charge in [-0.1, -0.05) is 64.7 Å². The maximum Gasteiger partial charge on any atom is 0.418 e. The average molecular weight is 575 g/mol. The zero-order valence-electron chi connectivity index (χ0n) is 25.4. The Hall–Kier alpha value is -3.43. The van der Waals surface area contributed by atoms with E-state index in [1.807, 2.05) is 0 Å². The van der Waals surface area contributed by atoms with Gasteiger partial charge in [-0.3, -0.25) is 14.4 Å². The Kier molecular flexibility index (Phi) is 13.3. The number of ketones is 1. The number of carbonyl (C=O) groups is 5. The molecule has 10 nitrogen and oxygen atoms in total. The smallest absolute Gasteiger partial charge is 0.418 e. The number of benzene rings is 1. The number of nitrogens with one attached hydrogen (secondary N) is 1. The number of Topliss-reactive ketones (excluding diaryl/α,β-unsaturated/α-hetero) is 1. The molecule has 1 atom stereocenters. The number of carbonyl (C=O) groups excluding carboxylic acids is 5. The van der Waals surface area contributed by atoms with Gasteiger partial charge in [0.25, 0.3) is 11.8 Å². The van der Waals surface area contributed by atoms with Gasteiger partial charge in [0.1, 0.15) is 5.75 Å². The first kappa shape index (κ1) is 33.8. The molecule has 1 aliphatic rings. The predicted octanol–water partition coefficient (Wildman–Crippen LogP) is 6.21. The van der Waals surface area contributed by atoms with Crippen LogP contribution in [0.4, 0.5) is 10.5 Å². The molecule has 41 heavy (non-hydrogen) atoms. The summed E-state index contributed by atoms with van der Waals surface area (Å²) in [5, 5.41) is 2.56. The van der Waals surface area contributed by atoms with E-state index >= 15 is 0 Å². The van der Waals surface area contributed by atoms with Crippen molar-refractivity contribution in [2.45, 2.75) is 123 Å². The molecule has 1 aromatic rings. The summed E-state index contributed by atoms with van der Waals surface area (Å²) in [6.07, 6.45) is 10.3. The topological polar surface area (TPSA) is 128 Å². The third-order valence-corrected chi connectivity index (χ3v) is 6.73. The SMILES string of the molecule is CCCCCCCCCCCCOC(=O)c1ccc(OC(C)C)c(NC(=O)C(C(C)=O)N2C(=O)OC(C)(C)C2=O)c1. The van der Waals surface area contributed by atoms with Crippen LogP contribution in [0.2, 0.25) is 0 Å². The minimum Gasteiger partial charge on any atom is -0.489 e. The molecule has 0 spiro atoms. The lowest BCUT2D eigenvalue weighted by molar-refractivity contribution is -0.142. The van der Waals surface area contributed by atoms with Crippen LogP contribution >= 0.6 is 0 Å². The van der Waals surface area contributed by atoms with E-state index < -0.39 is 41.3 Å². The van der Waals surface area contributed by atoms with E-state index in [1.165, 1.54) is 77.0 Å². The minimum atomic E-state index is -1.75. The molecule has 0 bridgehead atoms. The lowest BCUT2D eigenvalue weighted by Crippen LogP contribution is -2.52. The monoisotopic (exact) mass is 574 g/mol. The molecule has 1 fully saturated rings. The largest absolute Gasteiger partial charge is 0.489 e. The zero-order valence-corrected chi connectivity index (χ0v) is 25.4. The summed E-state index contributed by atoms with van der Waals surface area (Å²) in [6, 6.07) is 2.69. The lowest BCUT2D eigenvalue weighted by Gasteiger charge is -2.23. The molecule has 1 aliphatic heterocycles. The van der Waals surface area contributed by atoms with E-state index in [0.29, 0.717) is 4.90 Å². The summed E-state index contributed by atoms with van der Waals surface area (Å²) < 4.78 is 16.3. The normalized spacial score (nSPS) is 15.0. The third-order valence-electron chi connectivity index (χ3n) is 6.73. The van der Waals surface area contributed by atoms with E-state index in [2.05, 4.69) is 12.2 Å². The van der Waals surface area contributed by atoms with E-state index in [0.717, 1.165) is 26.2 Å². The molecule has 0 radical (unpaired) electrons. The molecule has 0 aromatic heterocycles. The molecular weight excluding hydrogens is 528 g/mol. The van der Waals surface area contributed by atoms with Crippen molar-refractivity contribution in [2.24, 2.45) is 0 Å². The van der Waals surface area contributed by atoms with Gasteiger partial charge in [-0.2, -0.15) is 0 Å². The highest BCUT2D eigenvalue weighted by molar-refractivity contribution is 6.17. The van der Waals surface area contributed by atoms with Crippen molar-refractivity contribution >= 4 is 35.3 Å². The molecule has 228 valence electrons. The second kappa shape index (κ2) is 16.1. The van der Waals surface area contributed by atoms with Gasteiger partial charge in [-0.05, 0) is 59.2 Å². The number of ether oxygens (including phenoxy) is 3. The van der Waals surface area contributed by atoms with Crippen molar-refractivity contribution in [1.82, 2.24) is 4.90 Å². The number of hydrogen-bond acceptors (Lipinski definition) is 8. The van der Waals surface area contributed by atoms with Crippen LogP contribution in [0, 0.1) is 0 Å². The van der Waals surface area contributed by atoms with Gasteiger partial charge in [0.15, 0.2) is 17.4 Å². The van der Waals surface area contributed by atoms with Gasteiger partial charge >= 0.3 is 12.1 Å². The maximum absolute atomic E-state index is 13.2. The Morgan fingerprint density at radius 1 is 0.951 bits per heavy atom. The molecule has 1 heterocycles. The van der Waals surface area contributed by atoms with Crippen LogP contribution in [0.5, 0.6) is 5.75 Å². The summed E-state index contributed by atoms with van der Waals surface area (Å²) in [5.74, 6) is -2.79. The van der Waals surface area contributed by atoms with E-state index in [1.54, 1.807) is 13.8 Å². The molecule has 0 saturated carbocycles. The molecule has 1 N–H and O–H groups in total. The summed E-state index contributed by atoms with van der Waals surface area (Å²) in [6.45, 7) is 9.93. The summed E-state index contributed by atoms with van der Waals surface area (Å²) in [7, 11) is 0. The first-order valence-electron chi connectivity index (χ1n) is 14.7. The van der Waals surface area contributed by atoms with Crippen molar-refractivity contribution < 1.29 is 38.2 Å². The quantitative estimate of drug-likeness (QED) is 0.125. The van der Waals surface area contributed by atoms with Gasteiger partial charge in [0, 0.05) is 0 Å². The van der Waals surface area contributed by atoms with Crippen LogP contribution in [-0.2, 0) is 23.9 Å². The number of unbranched alkanes of at least 4 members (excludes halogenated alkanes) is 9. The minimum absolute atomic E-state index is 0.0996. The van der Waals surface area contributed by atoms with Gasteiger partial charge in [0.05, 0.1) is 24.0 Å². The van der Waals surface area contributed by atoms with Crippen molar-refractivity contribution in [3.63, 3.8) is 0 Å². The Morgan fingerprint density at radius 3 is 2.05 bits per heavy atom. The third kappa shape index (κ3) is 10.2. The van der Waals surface area contributed by atoms with Crippen LogP contribution < -0.4 is 10.1 Å². The number of imide groups is 1. The van der Waals surface area contributed by atoms with Gasteiger partial charge in [-0.15, -0.1) is 0 Å². The van der Waals surface area contributed by atoms with Gasteiger partial charge < -0.3 is 19.5 Å². The van der Waals surface area contributed by atoms with Crippen LogP contribution in [0.15, 0.2) is 18.2 Å². The molecule has 0 aliphatic carbocycles. The Balaban J connectivity index is 2.02. The highest BCUT2D eigenvalue weighted by Crippen LogP contribution is 2.30. The molecule has 1 unspecified atom stereocenters. The zero-order chi connectivity index (χ0) is 30.6. The maximum atomic E-state index is 13.2. The highest BCUT2D eigenvalue weighted by atomic mass is 16.6. The Bertz CT molecular complexity index is 1080. The first-order chi connectivity index (χ1) is 19.4. The summed E-state index contributed by atoms with van der Waals surface area (Å²) in [4.78, 5) is 64.0. The Labute approximate surface area is 243 Å². The molecule has 2 rings (SSSR count). The average Bonchev–Trinajstić information content (AvgIpc) is 3.09. The van der Waals surface area contributed by atoms with Crippen LogP contribution in [-0.4, -0.2) is 58.9 Å². The number of anilines is 1. The number of nitrogens with zero attached hydrogens (tertiary/aromatic N) is 1. The summed E-state index contributed by atoms with van der Waals surface area (Å²) >= 11 is 0. The van der Waals surface area contributed by atoms with E-state index in [-0.39, 0.29) is 29.7 Å². The van der Waals surface area contributed by atoms with Crippen molar-refractivity contribution in [2.75, 3.05) is 11.9 Å². The number of rotatable bonds is 18.